The number of carbonyl (C=O) groups is 2. The summed E-state index contributed by atoms with van der Waals surface area (Å²) in [6.07, 6.45) is 3.50. The summed E-state index contributed by atoms with van der Waals surface area (Å²) in [5, 5.41) is 2.92. The first-order chi connectivity index (χ1) is 11.7. The van der Waals surface area contributed by atoms with E-state index in [0.717, 1.165) is 12.8 Å². The van der Waals surface area contributed by atoms with Crippen molar-refractivity contribution in [2.24, 2.45) is 0 Å². The number of carbonyl (C=O) groups excluding carboxylic acids is 2. The number of amides is 1. The molecule has 1 fully saturated rings. The van der Waals surface area contributed by atoms with Gasteiger partial charge in [0.15, 0.2) is 0 Å². The van der Waals surface area contributed by atoms with Crippen LogP contribution in [-0.2, 0) is 9.53 Å². The zero-order valence-electron chi connectivity index (χ0n) is 12.9. The Morgan fingerprint density at radius 2 is 2.17 bits per heavy atom. The van der Waals surface area contributed by atoms with Crippen LogP contribution in [0.15, 0.2) is 42.6 Å². The Balaban J connectivity index is 1.63. The van der Waals surface area contributed by atoms with Gasteiger partial charge in [-0.2, -0.15) is 0 Å². The highest BCUT2D eigenvalue weighted by atomic mass is 19.1. The number of benzene rings is 1. The van der Waals surface area contributed by atoms with Crippen molar-refractivity contribution in [3.05, 3.63) is 54.0 Å². The molecule has 1 saturated carbocycles. The second-order valence-corrected chi connectivity index (χ2v) is 5.78. The van der Waals surface area contributed by atoms with Gasteiger partial charge in [-0.25, -0.2) is 4.39 Å². The lowest BCUT2D eigenvalue weighted by Crippen LogP contribution is -2.33. The Morgan fingerprint density at radius 1 is 1.29 bits per heavy atom. The maximum atomic E-state index is 13.3. The fraction of sp³-hybridized carbons (Fsp3) is 0.278. The van der Waals surface area contributed by atoms with E-state index in [9.17, 15) is 14.0 Å². The molecule has 1 aliphatic carbocycles. The minimum atomic E-state index is -0.329. The second kappa shape index (κ2) is 7.21. The van der Waals surface area contributed by atoms with Crippen LogP contribution in [0.4, 0.5) is 4.39 Å². The number of rotatable bonds is 5. The molecule has 3 rings (SSSR count). The first kappa shape index (κ1) is 16.1. The number of nitrogens with zero attached hydrogens (tertiary/aromatic N) is 1. The number of hydrogen-bond donors (Lipinski definition) is 1. The molecule has 1 aromatic carbocycles. The van der Waals surface area contributed by atoms with Gasteiger partial charge in [0.2, 0.25) is 0 Å². The quantitative estimate of drug-likeness (QED) is 0.857. The molecule has 2 aromatic rings. The average Bonchev–Trinajstić information content (AvgIpc) is 3.02. The van der Waals surface area contributed by atoms with Gasteiger partial charge in [-0.1, -0.05) is 12.1 Å². The first-order valence-electron chi connectivity index (χ1n) is 7.77. The van der Waals surface area contributed by atoms with Gasteiger partial charge in [0.25, 0.3) is 12.4 Å². The Kier molecular flexibility index (Phi) is 4.84. The molecule has 24 heavy (non-hydrogen) atoms. The van der Waals surface area contributed by atoms with Crippen LogP contribution in [0, 0.1) is 5.82 Å². The van der Waals surface area contributed by atoms with Crippen LogP contribution in [0.3, 0.4) is 0 Å². The van der Waals surface area contributed by atoms with Gasteiger partial charge >= 0.3 is 0 Å². The highest BCUT2D eigenvalue weighted by molar-refractivity contribution is 5.94. The van der Waals surface area contributed by atoms with E-state index < -0.39 is 0 Å². The van der Waals surface area contributed by atoms with Crippen LogP contribution >= 0.6 is 0 Å². The highest BCUT2D eigenvalue weighted by Crippen LogP contribution is 2.22. The maximum absolute atomic E-state index is 13.3. The number of halogens is 1. The summed E-state index contributed by atoms with van der Waals surface area (Å²) in [6, 6.07) is 9.49. The minimum Gasteiger partial charge on any atom is -0.465 e. The lowest BCUT2D eigenvalue weighted by atomic mass is 10.1. The fourth-order valence-corrected chi connectivity index (χ4v) is 2.89. The van der Waals surface area contributed by atoms with Gasteiger partial charge in [-0.15, -0.1) is 0 Å². The molecular formula is C18H17FN2O3. The average molecular weight is 328 g/mol. The molecule has 0 spiro atoms. The third-order valence-electron chi connectivity index (χ3n) is 4.11. The Morgan fingerprint density at radius 3 is 2.88 bits per heavy atom. The summed E-state index contributed by atoms with van der Waals surface area (Å²) in [4.78, 5) is 26.8. The van der Waals surface area contributed by atoms with Crippen molar-refractivity contribution in [1.82, 2.24) is 10.3 Å². The van der Waals surface area contributed by atoms with Gasteiger partial charge in [-0.3, -0.25) is 14.6 Å². The highest BCUT2D eigenvalue weighted by Gasteiger charge is 2.27. The molecule has 0 radical (unpaired) electrons. The van der Waals surface area contributed by atoms with Gasteiger partial charge < -0.3 is 10.1 Å². The van der Waals surface area contributed by atoms with E-state index in [0.29, 0.717) is 29.7 Å². The standard InChI is InChI=1S/C18H17FN2O3/c19-14-3-1-2-12(8-14)17-7-4-13(10-20-17)18(23)21-15-5-6-16(9-15)24-11-22/h1-4,7-8,10-11,15-16H,5-6,9H2,(H,21,23)/t15-,16+/m0/s1. The van der Waals surface area contributed by atoms with Crippen LogP contribution < -0.4 is 5.32 Å². The molecule has 0 aliphatic heterocycles. The molecule has 1 N–H and O–H groups in total. The molecule has 0 saturated heterocycles. The number of ether oxygens (including phenoxy) is 1. The fourth-order valence-electron chi connectivity index (χ4n) is 2.89. The van der Waals surface area contributed by atoms with Crippen molar-refractivity contribution in [1.29, 1.82) is 0 Å². The number of nitrogens with one attached hydrogen (secondary N) is 1. The molecular weight excluding hydrogens is 311 g/mol. The molecule has 1 heterocycles. The van der Waals surface area contributed by atoms with E-state index in [4.69, 9.17) is 4.74 Å². The number of hydrogen-bond acceptors (Lipinski definition) is 4. The summed E-state index contributed by atoms with van der Waals surface area (Å²) < 4.78 is 18.2. The van der Waals surface area contributed by atoms with E-state index in [1.54, 1.807) is 24.3 Å². The van der Waals surface area contributed by atoms with Crippen molar-refractivity contribution >= 4 is 12.4 Å². The van der Waals surface area contributed by atoms with Gasteiger partial charge in [0, 0.05) is 24.2 Å². The van der Waals surface area contributed by atoms with Crippen LogP contribution in [0.5, 0.6) is 0 Å². The third kappa shape index (κ3) is 3.76. The van der Waals surface area contributed by atoms with E-state index in [-0.39, 0.29) is 23.9 Å². The Labute approximate surface area is 138 Å². The normalized spacial score (nSPS) is 19.7. The SMILES string of the molecule is O=CO[C@@H]1CC[C@H](NC(=O)c2ccc(-c3cccc(F)c3)nc2)C1. The van der Waals surface area contributed by atoms with Gasteiger partial charge in [0.1, 0.15) is 11.9 Å². The summed E-state index contributed by atoms with van der Waals surface area (Å²) in [7, 11) is 0. The lowest BCUT2D eigenvalue weighted by molar-refractivity contribution is -0.133. The maximum Gasteiger partial charge on any atom is 0.293 e. The Bertz CT molecular complexity index is 733. The van der Waals surface area contributed by atoms with E-state index in [2.05, 4.69) is 10.3 Å². The summed E-state index contributed by atoms with van der Waals surface area (Å²) in [5.41, 5.74) is 1.70. The van der Waals surface area contributed by atoms with Crippen molar-refractivity contribution in [3.8, 4) is 11.3 Å². The summed E-state index contributed by atoms with van der Waals surface area (Å²) in [6.45, 7) is 0.448. The van der Waals surface area contributed by atoms with Crippen molar-refractivity contribution in [2.45, 2.75) is 31.4 Å². The van der Waals surface area contributed by atoms with Crippen LogP contribution in [-0.4, -0.2) is 29.5 Å². The van der Waals surface area contributed by atoms with Gasteiger partial charge in [0.05, 0.1) is 11.3 Å². The predicted octanol–water partition coefficient (Wildman–Crippen LogP) is 2.71. The third-order valence-corrected chi connectivity index (χ3v) is 4.11. The largest absolute Gasteiger partial charge is 0.465 e. The molecule has 6 heteroatoms. The summed E-state index contributed by atoms with van der Waals surface area (Å²) >= 11 is 0. The van der Waals surface area contributed by atoms with E-state index in [1.807, 2.05) is 0 Å². The predicted molar refractivity (Wildman–Crippen MR) is 85.7 cm³/mol. The van der Waals surface area contributed by atoms with Crippen molar-refractivity contribution in [2.75, 3.05) is 0 Å². The Hall–Kier alpha value is -2.76. The monoisotopic (exact) mass is 328 g/mol. The number of pyridine rings is 1. The molecule has 2 atom stereocenters. The molecule has 5 nitrogen and oxygen atoms in total. The smallest absolute Gasteiger partial charge is 0.293 e. The zero-order chi connectivity index (χ0) is 16.9. The topological polar surface area (TPSA) is 68.3 Å². The zero-order valence-corrected chi connectivity index (χ0v) is 12.9. The van der Waals surface area contributed by atoms with Crippen LogP contribution in [0.25, 0.3) is 11.3 Å². The van der Waals surface area contributed by atoms with E-state index in [1.165, 1.54) is 18.3 Å². The first-order valence-corrected chi connectivity index (χ1v) is 7.77. The minimum absolute atomic E-state index is 0.00894. The molecule has 1 amide bonds. The number of aromatic nitrogens is 1. The van der Waals surface area contributed by atoms with Crippen LogP contribution in [0.2, 0.25) is 0 Å². The second-order valence-electron chi connectivity index (χ2n) is 5.78. The molecule has 124 valence electrons. The van der Waals surface area contributed by atoms with Gasteiger partial charge in [-0.05, 0) is 37.1 Å². The molecule has 1 aromatic heterocycles. The molecule has 1 aliphatic rings. The molecule has 0 bridgehead atoms. The lowest BCUT2D eigenvalue weighted by Gasteiger charge is -2.13. The van der Waals surface area contributed by atoms with Crippen molar-refractivity contribution in [3.63, 3.8) is 0 Å². The van der Waals surface area contributed by atoms with Crippen LogP contribution in [0.1, 0.15) is 29.6 Å². The molecule has 0 unspecified atom stereocenters. The van der Waals surface area contributed by atoms with Crippen molar-refractivity contribution < 1.29 is 18.7 Å². The van der Waals surface area contributed by atoms with E-state index >= 15 is 0 Å². The summed E-state index contributed by atoms with van der Waals surface area (Å²) in [5.74, 6) is -0.547.